The lowest BCUT2D eigenvalue weighted by molar-refractivity contribution is -0.120. The van der Waals surface area contributed by atoms with Gasteiger partial charge in [0, 0.05) is 12.1 Å². The van der Waals surface area contributed by atoms with Crippen molar-refractivity contribution in [2.45, 2.75) is 13.1 Å². The van der Waals surface area contributed by atoms with E-state index in [0.29, 0.717) is 5.56 Å². The minimum Gasteiger partial charge on any atom is -0.388 e. The van der Waals surface area contributed by atoms with Gasteiger partial charge in [0.05, 0.1) is 0 Å². The number of urea groups is 1. The van der Waals surface area contributed by atoms with Crippen LogP contribution in [0.25, 0.3) is 11.5 Å². The number of rotatable bonds is 5. The maximum Gasteiger partial charge on any atom is 0.437 e. The van der Waals surface area contributed by atoms with Crippen LogP contribution in [0.1, 0.15) is 5.56 Å². The van der Waals surface area contributed by atoms with E-state index in [-0.39, 0.29) is 12.4 Å². The lowest BCUT2D eigenvalue weighted by atomic mass is 10.2. The van der Waals surface area contributed by atoms with Crippen LogP contribution in [0.4, 0.5) is 9.18 Å². The van der Waals surface area contributed by atoms with Gasteiger partial charge in [-0.1, -0.05) is 30.3 Å². The largest absolute Gasteiger partial charge is 0.437 e. The molecule has 1 aromatic heterocycles. The molecule has 27 heavy (non-hydrogen) atoms. The van der Waals surface area contributed by atoms with Gasteiger partial charge in [0.1, 0.15) is 12.4 Å². The van der Waals surface area contributed by atoms with Crippen LogP contribution in [0.15, 0.2) is 63.8 Å². The molecule has 0 aliphatic carbocycles. The summed E-state index contributed by atoms with van der Waals surface area (Å²) in [7, 11) is 0. The zero-order valence-electron chi connectivity index (χ0n) is 14.0. The molecular weight excluding hydrogens is 355 g/mol. The summed E-state index contributed by atoms with van der Waals surface area (Å²) in [6, 6.07) is 13.6. The number of aromatic nitrogens is 2. The smallest absolute Gasteiger partial charge is 0.388 e. The van der Waals surface area contributed by atoms with Gasteiger partial charge in [0.2, 0.25) is 11.8 Å². The molecule has 0 bridgehead atoms. The first-order valence-corrected chi connectivity index (χ1v) is 7.97. The monoisotopic (exact) mass is 370 g/mol. The molecule has 0 saturated heterocycles. The molecule has 0 atom stereocenters. The number of nitrogens with zero attached hydrogens (tertiary/aromatic N) is 2. The molecule has 0 saturated carbocycles. The lowest BCUT2D eigenvalue weighted by Crippen LogP contribution is -2.41. The van der Waals surface area contributed by atoms with Crippen molar-refractivity contribution in [2.75, 3.05) is 0 Å². The van der Waals surface area contributed by atoms with Crippen LogP contribution in [-0.4, -0.2) is 21.7 Å². The summed E-state index contributed by atoms with van der Waals surface area (Å²) in [6.07, 6.45) is 0. The van der Waals surface area contributed by atoms with E-state index in [0.717, 1.165) is 10.2 Å². The molecule has 9 heteroatoms. The Bertz CT molecular complexity index is 996. The number of imide groups is 1. The second-order valence-electron chi connectivity index (χ2n) is 5.55. The fourth-order valence-corrected chi connectivity index (χ4v) is 2.24. The van der Waals surface area contributed by atoms with Gasteiger partial charge in [0.15, 0.2) is 0 Å². The summed E-state index contributed by atoms with van der Waals surface area (Å²) in [5, 5.41) is 8.50. The van der Waals surface area contributed by atoms with E-state index in [1.807, 2.05) is 30.3 Å². The molecule has 3 amide bonds. The molecule has 0 spiro atoms. The summed E-state index contributed by atoms with van der Waals surface area (Å²) in [4.78, 5) is 35.5. The van der Waals surface area contributed by atoms with Gasteiger partial charge in [-0.05, 0) is 29.8 Å². The van der Waals surface area contributed by atoms with Gasteiger partial charge >= 0.3 is 11.8 Å². The van der Waals surface area contributed by atoms with E-state index in [9.17, 15) is 18.8 Å². The van der Waals surface area contributed by atoms with Crippen molar-refractivity contribution in [1.29, 1.82) is 0 Å². The Balaban J connectivity index is 1.57. The highest BCUT2D eigenvalue weighted by Crippen LogP contribution is 2.15. The van der Waals surface area contributed by atoms with Gasteiger partial charge in [-0.25, -0.2) is 14.0 Å². The van der Waals surface area contributed by atoms with Crippen LogP contribution < -0.4 is 16.4 Å². The van der Waals surface area contributed by atoms with Crippen molar-refractivity contribution >= 4 is 11.9 Å². The molecule has 8 nitrogen and oxygen atoms in total. The lowest BCUT2D eigenvalue weighted by Gasteiger charge is -2.06. The number of benzene rings is 2. The third-order valence-electron chi connectivity index (χ3n) is 3.54. The topological polar surface area (TPSA) is 106 Å². The van der Waals surface area contributed by atoms with Gasteiger partial charge in [-0.2, -0.15) is 4.68 Å². The van der Waals surface area contributed by atoms with Gasteiger partial charge in [-0.15, -0.1) is 5.10 Å². The number of hydrogen-bond acceptors (Lipinski definition) is 5. The Morgan fingerprint density at radius 1 is 1.07 bits per heavy atom. The first-order chi connectivity index (χ1) is 13.0. The van der Waals surface area contributed by atoms with Crippen molar-refractivity contribution < 1.29 is 18.4 Å². The third kappa shape index (κ3) is 4.88. The van der Waals surface area contributed by atoms with Crippen molar-refractivity contribution in [3.8, 4) is 11.5 Å². The van der Waals surface area contributed by atoms with Crippen LogP contribution in [-0.2, 0) is 17.9 Å². The van der Waals surface area contributed by atoms with Crippen molar-refractivity contribution in [1.82, 2.24) is 20.4 Å². The van der Waals surface area contributed by atoms with Crippen molar-refractivity contribution in [3.05, 3.63) is 76.5 Å². The maximum atomic E-state index is 12.9. The average Bonchev–Trinajstić information content (AvgIpc) is 3.02. The zero-order valence-corrected chi connectivity index (χ0v) is 14.0. The number of hydrogen-bond donors (Lipinski definition) is 2. The van der Waals surface area contributed by atoms with Crippen molar-refractivity contribution in [3.63, 3.8) is 0 Å². The summed E-state index contributed by atoms with van der Waals surface area (Å²) >= 11 is 0. The van der Waals surface area contributed by atoms with Crippen LogP contribution in [0.2, 0.25) is 0 Å². The number of carbonyl (C=O) groups is 2. The second-order valence-corrected chi connectivity index (χ2v) is 5.55. The van der Waals surface area contributed by atoms with Crippen LogP contribution in [0.5, 0.6) is 0 Å². The number of amides is 3. The van der Waals surface area contributed by atoms with Gasteiger partial charge in [-0.3, -0.25) is 10.1 Å². The molecule has 138 valence electrons. The second kappa shape index (κ2) is 8.09. The first-order valence-electron chi connectivity index (χ1n) is 7.97. The predicted octanol–water partition coefficient (Wildman–Crippen LogP) is 1.67. The minimum atomic E-state index is -0.867. The minimum absolute atomic E-state index is 0.0543. The van der Waals surface area contributed by atoms with E-state index in [1.54, 1.807) is 0 Å². The molecule has 2 aromatic carbocycles. The highest BCUT2D eigenvalue weighted by molar-refractivity contribution is 5.94. The number of halogens is 1. The molecule has 2 N–H and O–H groups in total. The summed E-state index contributed by atoms with van der Waals surface area (Å²) in [6.45, 7) is -0.249. The zero-order chi connectivity index (χ0) is 19.2. The summed E-state index contributed by atoms with van der Waals surface area (Å²) in [5.41, 5.74) is 1.25. The van der Waals surface area contributed by atoms with Crippen LogP contribution >= 0.6 is 0 Å². The summed E-state index contributed by atoms with van der Waals surface area (Å²) < 4.78 is 18.7. The highest BCUT2D eigenvalue weighted by atomic mass is 19.1. The molecule has 0 aliphatic rings. The molecular formula is C18H15FN4O4. The normalized spacial score (nSPS) is 10.4. The Morgan fingerprint density at radius 3 is 2.48 bits per heavy atom. The maximum absolute atomic E-state index is 12.9. The van der Waals surface area contributed by atoms with Crippen LogP contribution in [0.3, 0.4) is 0 Å². The number of carbonyl (C=O) groups excluding carboxylic acids is 2. The van der Waals surface area contributed by atoms with E-state index in [1.165, 1.54) is 24.3 Å². The molecule has 0 aliphatic heterocycles. The van der Waals surface area contributed by atoms with Gasteiger partial charge in [0.25, 0.3) is 0 Å². The van der Waals surface area contributed by atoms with Crippen molar-refractivity contribution in [2.24, 2.45) is 0 Å². The molecule has 0 fully saturated rings. The first kappa shape index (κ1) is 18.1. The Morgan fingerprint density at radius 2 is 1.78 bits per heavy atom. The predicted molar refractivity (Wildman–Crippen MR) is 93.0 cm³/mol. The Hall–Kier alpha value is -3.75. The Labute approximate surface area is 152 Å². The Kier molecular flexibility index (Phi) is 5.41. The molecule has 3 rings (SSSR count). The standard InChI is InChI=1S/C18H15FN4O4/c19-14-8-6-13(7-9-14)16-22-23(18(26)27-16)11-15(24)21-17(25)20-10-12-4-2-1-3-5-12/h1-9H,10-11H2,(H2,20,21,24,25). The van der Waals surface area contributed by atoms with E-state index in [4.69, 9.17) is 4.42 Å². The fraction of sp³-hybridized carbons (Fsp3) is 0.111. The molecule has 1 heterocycles. The molecule has 0 unspecified atom stereocenters. The van der Waals surface area contributed by atoms with E-state index >= 15 is 0 Å². The summed E-state index contributed by atoms with van der Waals surface area (Å²) in [5.74, 6) is -2.10. The molecule has 0 radical (unpaired) electrons. The van der Waals surface area contributed by atoms with E-state index in [2.05, 4.69) is 15.7 Å². The molecule has 3 aromatic rings. The fourth-order valence-electron chi connectivity index (χ4n) is 2.24. The van der Waals surface area contributed by atoms with E-state index < -0.39 is 30.1 Å². The van der Waals surface area contributed by atoms with Gasteiger partial charge < -0.3 is 9.73 Å². The average molecular weight is 370 g/mol. The number of nitrogens with one attached hydrogen (secondary N) is 2. The SMILES string of the molecule is O=C(Cn1nc(-c2ccc(F)cc2)oc1=O)NC(=O)NCc1ccccc1. The highest BCUT2D eigenvalue weighted by Gasteiger charge is 2.15. The van der Waals surface area contributed by atoms with Crippen LogP contribution in [0, 0.1) is 5.82 Å². The quantitative estimate of drug-likeness (QED) is 0.711. The third-order valence-corrected chi connectivity index (χ3v) is 3.54.